The Morgan fingerprint density at radius 2 is 1.71 bits per heavy atom. The molecule has 1 atom stereocenters. The molecule has 2 heteroatoms. The Morgan fingerprint density at radius 3 is 2.29 bits per heavy atom. The van der Waals surface area contributed by atoms with E-state index in [-0.39, 0.29) is 0 Å². The monoisotopic (exact) mass is 255 g/mol. The van der Waals surface area contributed by atoms with E-state index in [1.54, 1.807) is 6.04 Å². The van der Waals surface area contributed by atoms with Crippen molar-refractivity contribution in [3.8, 4) is 0 Å². The molecule has 1 aliphatic rings. The van der Waals surface area contributed by atoms with Crippen LogP contribution in [-0.2, 0) is 0 Å². The summed E-state index contributed by atoms with van der Waals surface area (Å²) in [5.74, 6) is 0. The average molecular weight is 256 g/mol. The van der Waals surface area contributed by atoms with Gasteiger partial charge in [0.15, 0.2) is 0 Å². The van der Waals surface area contributed by atoms with Gasteiger partial charge in [0.05, 0.1) is 0 Å². The zero-order valence-electron chi connectivity index (χ0n) is 12.2. The molecule has 1 fully saturated rings. The third kappa shape index (κ3) is 6.61. The molecule has 0 aromatic rings. The van der Waals surface area contributed by atoms with Gasteiger partial charge < -0.3 is 4.90 Å². The Labute approximate surface area is 111 Å². The summed E-state index contributed by atoms with van der Waals surface area (Å²) in [7, 11) is 0.315. The first-order chi connectivity index (χ1) is 8.38. The van der Waals surface area contributed by atoms with Crippen molar-refractivity contribution in [3.05, 3.63) is 0 Å². The molecule has 0 radical (unpaired) electrons. The summed E-state index contributed by atoms with van der Waals surface area (Å²) in [5.41, 5.74) is 0. The second-order valence-electron chi connectivity index (χ2n) is 5.74. The third-order valence-electron chi connectivity index (χ3n) is 4.17. The van der Waals surface area contributed by atoms with Crippen molar-refractivity contribution in [2.24, 2.45) is 0 Å². The van der Waals surface area contributed by atoms with Gasteiger partial charge in [-0.1, -0.05) is 51.6 Å². The Bertz CT molecular complexity index is 164. The van der Waals surface area contributed by atoms with Crippen LogP contribution < -0.4 is 0 Å². The van der Waals surface area contributed by atoms with Crippen LogP contribution in [0.3, 0.4) is 0 Å². The van der Waals surface area contributed by atoms with E-state index >= 15 is 0 Å². The minimum atomic E-state index is 0.315. The van der Waals surface area contributed by atoms with Crippen LogP contribution in [0, 0.1) is 0 Å². The second kappa shape index (κ2) is 10.1. The van der Waals surface area contributed by atoms with Crippen molar-refractivity contribution >= 4 is 9.52 Å². The fourth-order valence-electron chi connectivity index (χ4n) is 3.11. The lowest BCUT2D eigenvalue weighted by Gasteiger charge is -2.30. The Morgan fingerprint density at radius 1 is 1.00 bits per heavy atom. The minimum Gasteiger partial charge on any atom is -0.300 e. The molecular formula is C15H33NSi. The maximum atomic E-state index is 2.82. The number of rotatable bonds is 8. The van der Waals surface area contributed by atoms with Gasteiger partial charge in [-0.05, 0) is 38.8 Å². The van der Waals surface area contributed by atoms with E-state index in [4.69, 9.17) is 0 Å². The molecule has 1 saturated heterocycles. The van der Waals surface area contributed by atoms with Crippen molar-refractivity contribution in [1.29, 1.82) is 0 Å². The van der Waals surface area contributed by atoms with Crippen LogP contribution in [0.25, 0.3) is 0 Å². The van der Waals surface area contributed by atoms with Gasteiger partial charge in [0, 0.05) is 15.6 Å². The summed E-state index contributed by atoms with van der Waals surface area (Å²) in [6, 6.07) is 2.48. The highest BCUT2D eigenvalue weighted by atomic mass is 28.2. The Balaban J connectivity index is 2.28. The molecule has 1 unspecified atom stereocenters. The highest BCUT2D eigenvalue weighted by molar-refractivity contribution is 6.33. The molecule has 0 saturated carbocycles. The van der Waals surface area contributed by atoms with Gasteiger partial charge >= 0.3 is 0 Å². The van der Waals surface area contributed by atoms with Crippen molar-refractivity contribution in [2.75, 3.05) is 13.1 Å². The van der Waals surface area contributed by atoms with Gasteiger partial charge in [-0.25, -0.2) is 0 Å². The van der Waals surface area contributed by atoms with E-state index in [1.165, 1.54) is 70.9 Å². The predicted molar refractivity (Wildman–Crippen MR) is 81.8 cm³/mol. The summed E-state index contributed by atoms with van der Waals surface area (Å²) >= 11 is 0. The summed E-state index contributed by atoms with van der Waals surface area (Å²) in [6.45, 7) is 7.56. The number of hydrogen-bond acceptors (Lipinski definition) is 1. The van der Waals surface area contributed by atoms with E-state index in [0.29, 0.717) is 9.52 Å². The molecule has 0 aromatic carbocycles. The second-order valence-corrected chi connectivity index (χ2v) is 7.45. The lowest BCUT2D eigenvalue weighted by molar-refractivity contribution is 0.180. The maximum Gasteiger partial charge on any atom is 0.0166 e. The van der Waals surface area contributed by atoms with Crippen molar-refractivity contribution in [2.45, 2.75) is 83.3 Å². The molecule has 0 spiro atoms. The number of hydrogen-bond donors (Lipinski definition) is 0. The predicted octanol–water partition coefficient (Wildman–Crippen LogP) is 3.84. The SMILES string of the molecule is CCCC(CCCC[SiH2]C)N1CCCCCC1. The summed E-state index contributed by atoms with van der Waals surface area (Å²) in [5, 5.41) is 0. The van der Waals surface area contributed by atoms with Gasteiger partial charge in [-0.2, -0.15) is 0 Å². The van der Waals surface area contributed by atoms with Gasteiger partial charge in [0.1, 0.15) is 0 Å². The minimum absolute atomic E-state index is 0.315. The summed E-state index contributed by atoms with van der Waals surface area (Å²) in [4.78, 5) is 2.82. The van der Waals surface area contributed by atoms with Crippen LogP contribution in [0.15, 0.2) is 0 Å². The van der Waals surface area contributed by atoms with Gasteiger partial charge in [0.2, 0.25) is 0 Å². The van der Waals surface area contributed by atoms with Crippen LogP contribution >= 0.6 is 0 Å². The molecule has 0 N–H and O–H groups in total. The smallest absolute Gasteiger partial charge is 0.0166 e. The lowest BCUT2D eigenvalue weighted by atomic mass is 10.0. The van der Waals surface area contributed by atoms with Crippen molar-refractivity contribution in [3.63, 3.8) is 0 Å². The van der Waals surface area contributed by atoms with E-state index in [0.717, 1.165) is 6.04 Å². The van der Waals surface area contributed by atoms with Crippen molar-refractivity contribution < 1.29 is 0 Å². The molecule has 102 valence electrons. The first-order valence-electron chi connectivity index (χ1n) is 8.12. The molecule has 1 rings (SSSR count). The summed E-state index contributed by atoms with van der Waals surface area (Å²) in [6.07, 6.45) is 13.1. The van der Waals surface area contributed by atoms with E-state index in [2.05, 4.69) is 18.4 Å². The largest absolute Gasteiger partial charge is 0.300 e. The standard InChI is InChI=1S/C15H33NSi/c1-3-10-15(11-6-9-14-17-2)16-12-7-4-5-8-13-16/h15H,3-14,17H2,1-2H3. The van der Waals surface area contributed by atoms with Gasteiger partial charge in [-0.3, -0.25) is 0 Å². The molecule has 1 aliphatic heterocycles. The Kier molecular flexibility index (Phi) is 9.08. The number of likely N-dealkylation sites (tertiary alicyclic amines) is 1. The molecular weight excluding hydrogens is 222 g/mol. The summed E-state index contributed by atoms with van der Waals surface area (Å²) < 4.78 is 0. The maximum absolute atomic E-state index is 2.82. The first kappa shape index (κ1) is 15.2. The number of unbranched alkanes of at least 4 members (excludes halogenated alkanes) is 1. The highest BCUT2D eigenvalue weighted by Gasteiger charge is 2.18. The molecule has 1 nitrogen and oxygen atoms in total. The zero-order valence-corrected chi connectivity index (χ0v) is 13.6. The van der Waals surface area contributed by atoms with Crippen LogP contribution in [0.5, 0.6) is 0 Å². The van der Waals surface area contributed by atoms with E-state index in [1.807, 2.05) is 0 Å². The molecule has 0 bridgehead atoms. The van der Waals surface area contributed by atoms with Crippen molar-refractivity contribution in [1.82, 2.24) is 4.90 Å². The Hall–Kier alpha value is 0.177. The molecule has 1 heterocycles. The topological polar surface area (TPSA) is 3.24 Å². The fourth-order valence-corrected chi connectivity index (χ4v) is 3.96. The molecule has 0 aromatic heterocycles. The van der Waals surface area contributed by atoms with E-state index in [9.17, 15) is 0 Å². The first-order valence-corrected chi connectivity index (χ1v) is 10.5. The lowest BCUT2D eigenvalue weighted by Crippen LogP contribution is -2.36. The zero-order chi connectivity index (χ0) is 12.3. The quantitative estimate of drug-likeness (QED) is 0.470. The molecule has 17 heavy (non-hydrogen) atoms. The van der Waals surface area contributed by atoms with E-state index < -0.39 is 0 Å². The third-order valence-corrected chi connectivity index (χ3v) is 5.38. The number of nitrogens with zero attached hydrogens (tertiary/aromatic N) is 1. The van der Waals surface area contributed by atoms with Crippen LogP contribution in [-0.4, -0.2) is 33.6 Å². The molecule has 0 amide bonds. The van der Waals surface area contributed by atoms with Gasteiger partial charge in [0.25, 0.3) is 0 Å². The highest BCUT2D eigenvalue weighted by Crippen LogP contribution is 2.19. The fraction of sp³-hybridized carbons (Fsp3) is 1.00. The van der Waals surface area contributed by atoms with Gasteiger partial charge in [-0.15, -0.1) is 0 Å². The van der Waals surface area contributed by atoms with Crippen LogP contribution in [0.2, 0.25) is 12.6 Å². The normalized spacial score (nSPS) is 20.8. The van der Waals surface area contributed by atoms with Crippen LogP contribution in [0.1, 0.15) is 64.7 Å². The van der Waals surface area contributed by atoms with Crippen LogP contribution in [0.4, 0.5) is 0 Å². The average Bonchev–Trinajstić information content (AvgIpc) is 2.62. The molecule has 0 aliphatic carbocycles.